The Labute approximate surface area is 169 Å². The van der Waals surface area contributed by atoms with Crippen molar-refractivity contribution in [3.63, 3.8) is 0 Å². The van der Waals surface area contributed by atoms with Crippen molar-refractivity contribution in [3.05, 3.63) is 71.9 Å². The topological polar surface area (TPSA) is 43.6 Å². The molecule has 1 fully saturated rings. The summed E-state index contributed by atoms with van der Waals surface area (Å²) in [5.41, 5.74) is 2.56. The number of hydrogen-bond acceptors (Lipinski definition) is 3. The van der Waals surface area contributed by atoms with Crippen molar-refractivity contribution in [2.75, 3.05) is 7.11 Å². The number of carbonyl (C=O) groups is 1. The van der Waals surface area contributed by atoms with Crippen molar-refractivity contribution in [1.82, 2.24) is 9.38 Å². The van der Waals surface area contributed by atoms with Gasteiger partial charge in [-0.25, -0.2) is 9.78 Å². The summed E-state index contributed by atoms with van der Waals surface area (Å²) in [5.74, 6) is -0.459. The van der Waals surface area contributed by atoms with E-state index in [0.29, 0.717) is 27.9 Å². The first kappa shape index (κ1) is 18.7. The van der Waals surface area contributed by atoms with E-state index in [1.807, 2.05) is 22.7 Å². The molecule has 0 unspecified atom stereocenters. The van der Waals surface area contributed by atoms with Gasteiger partial charge in [-0.15, -0.1) is 0 Å². The number of fused-ring (bicyclic) bond motifs is 3. The van der Waals surface area contributed by atoms with E-state index in [-0.39, 0.29) is 12.8 Å². The van der Waals surface area contributed by atoms with Crippen molar-refractivity contribution in [2.45, 2.75) is 24.4 Å². The average molecular weight is 410 g/mol. The molecule has 4 aromatic rings. The van der Waals surface area contributed by atoms with Gasteiger partial charge in [0.2, 0.25) is 0 Å². The van der Waals surface area contributed by atoms with Gasteiger partial charge >= 0.3 is 12.1 Å². The Hall–Kier alpha value is -3.35. The highest BCUT2D eigenvalue weighted by Crippen LogP contribution is 2.58. The number of nitrogens with zero attached hydrogens (tertiary/aromatic N) is 2. The predicted molar refractivity (Wildman–Crippen MR) is 106 cm³/mol. The molecule has 2 aromatic heterocycles. The molecular weight excluding hydrogens is 393 g/mol. The van der Waals surface area contributed by atoms with Crippen molar-refractivity contribution < 1.29 is 22.7 Å². The average Bonchev–Trinajstić information content (AvgIpc) is 3.43. The fourth-order valence-electron chi connectivity index (χ4n) is 4.04. The maximum atomic E-state index is 13.4. The number of halogens is 3. The molecule has 1 saturated carbocycles. The van der Waals surface area contributed by atoms with Gasteiger partial charge in [0.05, 0.1) is 40.3 Å². The minimum Gasteiger partial charge on any atom is -0.465 e. The number of alkyl halides is 3. The normalized spacial score (nSPS) is 15.5. The van der Waals surface area contributed by atoms with Gasteiger partial charge in [-0.05, 0) is 48.7 Å². The molecule has 0 aliphatic heterocycles. The SMILES string of the molecule is COC(=O)c1ccc2c(c1)nc(-c1ccc(C3(C(F)(F)F)CC3)cc1)c1cccn12. The Morgan fingerprint density at radius 1 is 1.07 bits per heavy atom. The highest BCUT2D eigenvalue weighted by Gasteiger charge is 2.64. The van der Waals surface area contributed by atoms with E-state index >= 15 is 0 Å². The molecule has 0 amide bonds. The van der Waals surface area contributed by atoms with Crippen molar-refractivity contribution in [2.24, 2.45) is 0 Å². The first-order valence-electron chi connectivity index (χ1n) is 9.51. The van der Waals surface area contributed by atoms with Crippen LogP contribution in [0.15, 0.2) is 60.8 Å². The zero-order valence-corrected chi connectivity index (χ0v) is 16.0. The lowest BCUT2D eigenvalue weighted by atomic mass is 9.94. The Kier molecular flexibility index (Phi) is 3.93. The largest absolute Gasteiger partial charge is 0.465 e. The molecule has 30 heavy (non-hydrogen) atoms. The lowest BCUT2D eigenvalue weighted by Crippen LogP contribution is -2.28. The summed E-state index contributed by atoms with van der Waals surface area (Å²) in [7, 11) is 1.32. The van der Waals surface area contributed by atoms with Crippen LogP contribution in [0.2, 0.25) is 0 Å². The number of hydrogen-bond donors (Lipinski definition) is 0. The first-order chi connectivity index (χ1) is 14.3. The van der Waals surface area contributed by atoms with Gasteiger partial charge in [-0.3, -0.25) is 0 Å². The molecule has 0 N–H and O–H groups in total. The van der Waals surface area contributed by atoms with E-state index in [1.54, 1.807) is 42.5 Å². The number of rotatable bonds is 3. The van der Waals surface area contributed by atoms with Crippen LogP contribution in [-0.4, -0.2) is 28.6 Å². The Balaban J connectivity index is 1.64. The van der Waals surface area contributed by atoms with Gasteiger partial charge in [-0.1, -0.05) is 24.3 Å². The van der Waals surface area contributed by atoms with Crippen molar-refractivity contribution in [1.29, 1.82) is 0 Å². The quantitative estimate of drug-likeness (QED) is 0.417. The van der Waals surface area contributed by atoms with E-state index in [1.165, 1.54) is 7.11 Å². The molecule has 5 rings (SSSR count). The molecule has 0 radical (unpaired) electrons. The number of carbonyl (C=O) groups excluding carboxylic acids is 1. The molecule has 2 aromatic carbocycles. The second-order valence-electron chi connectivity index (χ2n) is 7.58. The smallest absolute Gasteiger partial charge is 0.398 e. The van der Waals surface area contributed by atoms with E-state index in [2.05, 4.69) is 0 Å². The second-order valence-corrected chi connectivity index (χ2v) is 7.58. The number of benzene rings is 2. The molecule has 7 heteroatoms. The van der Waals surface area contributed by atoms with E-state index < -0.39 is 17.6 Å². The van der Waals surface area contributed by atoms with Crippen LogP contribution < -0.4 is 0 Å². The third kappa shape index (κ3) is 2.69. The van der Waals surface area contributed by atoms with Crippen molar-refractivity contribution in [3.8, 4) is 11.3 Å². The zero-order valence-electron chi connectivity index (χ0n) is 16.0. The van der Waals surface area contributed by atoms with Gasteiger partial charge in [0.1, 0.15) is 0 Å². The third-order valence-corrected chi connectivity index (χ3v) is 5.88. The first-order valence-corrected chi connectivity index (χ1v) is 9.51. The highest BCUT2D eigenvalue weighted by molar-refractivity contribution is 5.95. The molecule has 1 aliphatic carbocycles. The van der Waals surface area contributed by atoms with Crippen LogP contribution in [0.25, 0.3) is 27.8 Å². The van der Waals surface area contributed by atoms with Crippen LogP contribution in [0.3, 0.4) is 0 Å². The molecule has 0 bridgehead atoms. The zero-order chi connectivity index (χ0) is 21.1. The van der Waals surface area contributed by atoms with Gasteiger partial charge < -0.3 is 9.14 Å². The van der Waals surface area contributed by atoms with E-state index in [0.717, 1.165) is 11.0 Å². The standard InChI is InChI=1S/C23H17F3N2O2/c1-30-21(29)15-6-9-18-17(13-15)27-20(19-3-2-12-28(18)19)14-4-7-16(8-5-14)22(10-11-22)23(24,25)26/h2-9,12-13H,10-11H2,1H3. The molecule has 2 heterocycles. The van der Waals surface area contributed by atoms with Crippen molar-refractivity contribution >= 4 is 22.5 Å². The fraction of sp³-hybridized carbons (Fsp3) is 0.217. The summed E-state index contributed by atoms with van der Waals surface area (Å²) in [4.78, 5) is 16.6. The summed E-state index contributed by atoms with van der Waals surface area (Å²) in [5, 5.41) is 0. The monoisotopic (exact) mass is 410 g/mol. The van der Waals surface area contributed by atoms with Crippen LogP contribution in [0.5, 0.6) is 0 Å². The molecular formula is C23H17F3N2O2. The van der Waals surface area contributed by atoms with Crippen LogP contribution in [0.4, 0.5) is 13.2 Å². The molecule has 0 spiro atoms. The number of ether oxygens (including phenoxy) is 1. The van der Waals surface area contributed by atoms with Crippen LogP contribution in [0, 0.1) is 0 Å². The maximum absolute atomic E-state index is 13.4. The summed E-state index contributed by atoms with van der Waals surface area (Å²) >= 11 is 0. The van der Waals surface area contributed by atoms with Gasteiger partial charge in [0, 0.05) is 11.8 Å². The second kappa shape index (κ2) is 6.32. The predicted octanol–water partition coefficient (Wildman–Crippen LogP) is 5.54. The van der Waals surface area contributed by atoms with Crippen LogP contribution in [0.1, 0.15) is 28.8 Å². The Morgan fingerprint density at radius 3 is 2.43 bits per heavy atom. The minimum atomic E-state index is -4.24. The molecule has 1 aliphatic rings. The minimum absolute atomic E-state index is 0.128. The Bertz CT molecular complexity index is 1290. The highest BCUT2D eigenvalue weighted by atomic mass is 19.4. The summed E-state index contributed by atoms with van der Waals surface area (Å²) in [6.45, 7) is 0. The molecule has 4 nitrogen and oxygen atoms in total. The van der Waals surface area contributed by atoms with E-state index in [4.69, 9.17) is 9.72 Å². The van der Waals surface area contributed by atoms with Crippen LogP contribution in [-0.2, 0) is 10.2 Å². The third-order valence-electron chi connectivity index (χ3n) is 5.88. The number of methoxy groups -OCH3 is 1. The van der Waals surface area contributed by atoms with Crippen LogP contribution >= 0.6 is 0 Å². The number of esters is 1. The summed E-state index contributed by atoms with van der Waals surface area (Å²) in [6.07, 6.45) is -2.10. The Morgan fingerprint density at radius 2 is 1.80 bits per heavy atom. The van der Waals surface area contributed by atoms with Gasteiger partial charge in [0.15, 0.2) is 0 Å². The lowest BCUT2D eigenvalue weighted by molar-refractivity contribution is -0.160. The fourth-order valence-corrected chi connectivity index (χ4v) is 4.04. The van der Waals surface area contributed by atoms with E-state index in [9.17, 15) is 18.0 Å². The molecule has 152 valence electrons. The maximum Gasteiger partial charge on any atom is 0.398 e. The lowest BCUT2D eigenvalue weighted by Gasteiger charge is -2.20. The van der Waals surface area contributed by atoms with Gasteiger partial charge in [0.25, 0.3) is 0 Å². The van der Waals surface area contributed by atoms with Gasteiger partial charge in [-0.2, -0.15) is 13.2 Å². The number of aromatic nitrogens is 2. The summed E-state index contributed by atoms with van der Waals surface area (Å²) in [6, 6.07) is 15.4. The molecule has 0 saturated heterocycles. The molecule has 0 atom stereocenters. The summed E-state index contributed by atoms with van der Waals surface area (Å²) < 4.78 is 47.0.